The van der Waals surface area contributed by atoms with Crippen LogP contribution in [0.1, 0.15) is 23.6 Å². The molecule has 0 radical (unpaired) electrons. The second kappa shape index (κ2) is 7.48. The molecule has 2 saturated heterocycles. The van der Waals surface area contributed by atoms with Gasteiger partial charge >= 0.3 is 5.97 Å². The normalized spacial score (nSPS) is 27.5. The van der Waals surface area contributed by atoms with E-state index in [-0.39, 0.29) is 5.91 Å². The Balaban J connectivity index is 1.97. The number of nitrogens with one attached hydrogen (secondary N) is 1. The van der Waals surface area contributed by atoms with Gasteiger partial charge < -0.3 is 5.11 Å². The van der Waals surface area contributed by atoms with Crippen LogP contribution in [0, 0.1) is 23.2 Å². The molecule has 136 valence electrons. The second-order valence-corrected chi connectivity index (χ2v) is 7.37. The number of carbonyl (C=O) groups is 3. The molecule has 2 aliphatic rings. The van der Waals surface area contributed by atoms with E-state index < -0.39 is 35.8 Å². The maximum atomic E-state index is 12.9. The molecule has 2 aliphatic heterocycles. The molecular formula is C18H19N3O4S. The van der Waals surface area contributed by atoms with Gasteiger partial charge in [-0.25, -0.2) is 0 Å². The Labute approximate surface area is 155 Å². The highest BCUT2D eigenvalue weighted by atomic mass is 32.2. The number of hydrogen-bond acceptors (Lipinski definition) is 6. The number of amides is 2. The lowest BCUT2D eigenvalue weighted by molar-refractivity contribution is -0.146. The number of thioether (sulfide) groups is 1. The number of fused-ring (bicyclic) bond motifs is 1. The molecule has 26 heavy (non-hydrogen) atoms. The minimum atomic E-state index is -1.16. The fourth-order valence-electron chi connectivity index (χ4n) is 3.84. The van der Waals surface area contributed by atoms with Gasteiger partial charge in [0.2, 0.25) is 11.8 Å². The maximum Gasteiger partial charge on any atom is 0.321 e. The quantitative estimate of drug-likeness (QED) is 0.565. The number of carbonyl (C=O) groups excluding carboxylic acids is 2. The van der Waals surface area contributed by atoms with E-state index in [2.05, 4.69) is 11.4 Å². The van der Waals surface area contributed by atoms with E-state index in [0.717, 1.165) is 5.75 Å². The van der Waals surface area contributed by atoms with Crippen LogP contribution in [-0.2, 0) is 14.4 Å². The summed E-state index contributed by atoms with van der Waals surface area (Å²) in [6.45, 7) is 0.296. The van der Waals surface area contributed by atoms with E-state index in [0.29, 0.717) is 24.1 Å². The Bertz CT molecular complexity index is 791. The Morgan fingerprint density at radius 3 is 2.65 bits per heavy atom. The molecule has 8 heteroatoms. The summed E-state index contributed by atoms with van der Waals surface area (Å²) in [5.41, 5.74) is 0.928. The van der Waals surface area contributed by atoms with Crippen molar-refractivity contribution in [1.82, 2.24) is 10.2 Å². The molecule has 2 fully saturated rings. The lowest BCUT2D eigenvalue weighted by Gasteiger charge is -2.22. The first-order chi connectivity index (χ1) is 12.5. The first-order valence-corrected chi connectivity index (χ1v) is 9.72. The number of rotatable bonds is 6. The van der Waals surface area contributed by atoms with Gasteiger partial charge in [0.1, 0.15) is 6.04 Å². The monoisotopic (exact) mass is 373 g/mol. The van der Waals surface area contributed by atoms with Crippen molar-refractivity contribution < 1.29 is 19.5 Å². The van der Waals surface area contributed by atoms with Crippen molar-refractivity contribution in [2.45, 2.75) is 18.5 Å². The lowest BCUT2D eigenvalue weighted by atomic mass is 9.85. The molecule has 0 aromatic heterocycles. The van der Waals surface area contributed by atoms with Crippen LogP contribution in [0.2, 0.25) is 0 Å². The summed E-state index contributed by atoms with van der Waals surface area (Å²) in [4.78, 5) is 38.6. The number of hydrogen-bond donors (Lipinski definition) is 2. The van der Waals surface area contributed by atoms with Gasteiger partial charge in [-0.1, -0.05) is 18.2 Å². The average molecular weight is 373 g/mol. The largest absolute Gasteiger partial charge is 0.480 e. The highest BCUT2D eigenvalue weighted by Gasteiger charge is 2.61. The van der Waals surface area contributed by atoms with Gasteiger partial charge in [0.05, 0.1) is 23.5 Å². The van der Waals surface area contributed by atoms with Crippen LogP contribution in [0.3, 0.4) is 0 Å². The first kappa shape index (κ1) is 18.4. The molecule has 0 spiro atoms. The lowest BCUT2D eigenvalue weighted by Crippen LogP contribution is -2.43. The van der Waals surface area contributed by atoms with Gasteiger partial charge in [-0.2, -0.15) is 17.0 Å². The van der Waals surface area contributed by atoms with Gasteiger partial charge in [0.15, 0.2) is 0 Å². The Hall–Kier alpha value is -2.37. The van der Waals surface area contributed by atoms with E-state index in [1.807, 2.05) is 6.26 Å². The molecule has 2 amide bonds. The van der Waals surface area contributed by atoms with Gasteiger partial charge in [0.25, 0.3) is 0 Å². The maximum absolute atomic E-state index is 12.9. The van der Waals surface area contributed by atoms with Crippen LogP contribution in [0.4, 0.5) is 0 Å². The SMILES string of the molecule is CSCCCN1C(=O)C2C(C(=O)O)NC(c3ccccc3C#N)C2C1=O. The number of benzene rings is 1. The number of carboxylic acids is 1. The van der Waals surface area contributed by atoms with E-state index >= 15 is 0 Å². The van der Waals surface area contributed by atoms with Crippen LogP contribution in [0.5, 0.6) is 0 Å². The number of carboxylic acid groups (broad SMARTS) is 1. The van der Waals surface area contributed by atoms with E-state index in [4.69, 9.17) is 0 Å². The Kier molecular flexibility index (Phi) is 5.30. The summed E-state index contributed by atoms with van der Waals surface area (Å²) >= 11 is 1.62. The van der Waals surface area contributed by atoms with Gasteiger partial charge in [-0.15, -0.1) is 0 Å². The number of nitrogens with zero attached hydrogens (tertiary/aromatic N) is 2. The van der Waals surface area contributed by atoms with Crippen molar-refractivity contribution in [3.8, 4) is 6.07 Å². The third-order valence-electron chi connectivity index (χ3n) is 4.98. The highest BCUT2D eigenvalue weighted by Crippen LogP contribution is 2.44. The molecular weight excluding hydrogens is 354 g/mol. The number of likely N-dealkylation sites (tertiary alicyclic amines) is 1. The third kappa shape index (κ3) is 2.97. The van der Waals surface area contributed by atoms with Crippen LogP contribution >= 0.6 is 11.8 Å². The van der Waals surface area contributed by atoms with Crippen molar-refractivity contribution in [1.29, 1.82) is 5.26 Å². The first-order valence-electron chi connectivity index (χ1n) is 8.33. The van der Waals surface area contributed by atoms with Gasteiger partial charge in [-0.05, 0) is 30.1 Å². The minimum absolute atomic E-state index is 0.296. The van der Waals surface area contributed by atoms with Crippen molar-refractivity contribution >= 4 is 29.5 Å². The minimum Gasteiger partial charge on any atom is -0.480 e. The Morgan fingerprint density at radius 2 is 2.00 bits per heavy atom. The van der Waals surface area contributed by atoms with E-state index in [1.165, 1.54) is 4.90 Å². The standard InChI is InChI=1S/C18H19N3O4S/c1-26-8-4-7-21-16(22)12-13(17(21)23)15(18(24)25)20-14(12)11-6-3-2-5-10(11)9-19/h2-3,5-6,12-15,20H,4,7-8H2,1H3,(H,24,25). The highest BCUT2D eigenvalue weighted by molar-refractivity contribution is 7.98. The number of nitriles is 1. The zero-order valence-corrected chi connectivity index (χ0v) is 15.0. The molecule has 3 rings (SSSR count). The molecule has 2 N–H and O–H groups in total. The molecule has 4 atom stereocenters. The molecule has 0 bridgehead atoms. The number of aliphatic carboxylic acids is 1. The zero-order chi connectivity index (χ0) is 18.8. The molecule has 4 unspecified atom stereocenters. The topological polar surface area (TPSA) is 110 Å². The van der Waals surface area contributed by atoms with Crippen molar-refractivity contribution in [3.63, 3.8) is 0 Å². The molecule has 0 saturated carbocycles. The van der Waals surface area contributed by atoms with E-state index in [1.54, 1.807) is 36.0 Å². The van der Waals surface area contributed by atoms with Crippen LogP contribution in [0.25, 0.3) is 0 Å². The summed E-state index contributed by atoms with van der Waals surface area (Å²) in [6.07, 6.45) is 2.62. The summed E-state index contributed by atoms with van der Waals surface area (Å²) in [5, 5.41) is 21.8. The van der Waals surface area contributed by atoms with Crippen molar-refractivity contribution in [3.05, 3.63) is 35.4 Å². The average Bonchev–Trinajstić information content (AvgIpc) is 3.14. The summed E-state index contributed by atoms with van der Waals surface area (Å²) in [7, 11) is 0. The molecule has 2 heterocycles. The summed E-state index contributed by atoms with van der Waals surface area (Å²) in [6, 6.07) is 7.03. The van der Waals surface area contributed by atoms with Gasteiger partial charge in [0, 0.05) is 12.6 Å². The van der Waals surface area contributed by atoms with Crippen LogP contribution in [-0.4, -0.2) is 52.4 Å². The van der Waals surface area contributed by atoms with Crippen LogP contribution in [0.15, 0.2) is 24.3 Å². The smallest absolute Gasteiger partial charge is 0.321 e. The summed E-state index contributed by atoms with van der Waals surface area (Å²) < 4.78 is 0. The second-order valence-electron chi connectivity index (χ2n) is 6.39. The predicted molar refractivity (Wildman–Crippen MR) is 95.2 cm³/mol. The van der Waals surface area contributed by atoms with E-state index in [9.17, 15) is 24.8 Å². The van der Waals surface area contributed by atoms with Crippen LogP contribution < -0.4 is 5.32 Å². The molecule has 0 aliphatic carbocycles. The molecule has 1 aromatic rings. The third-order valence-corrected chi connectivity index (χ3v) is 5.68. The summed E-state index contributed by atoms with van der Waals surface area (Å²) in [5.74, 6) is -2.87. The zero-order valence-electron chi connectivity index (χ0n) is 14.2. The fourth-order valence-corrected chi connectivity index (χ4v) is 4.26. The molecule has 1 aromatic carbocycles. The Morgan fingerprint density at radius 1 is 1.31 bits per heavy atom. The number of imide groups is 1. The van der Waals surface area contributed by atoms with Crippen molar-refractivity contribution in [2.75, 3.05) is 18.6 Å². The van der Waals surface area contributed by atoms with Crippen molar-refractivity contribution in [2.24, 2.45) is 11.8 Å². The molecule has 7 nitrogen and oxygen atoms in total. The fraction of sp³-hybridized carbons (Fsp3) is 0.444. The predicted octanol–water partition coefficient (Wildman–Crippen LogP) is 1.01. The van der Waals surface area contributed by atoms with Gasteiger partial charge in [-0.3, -0.25) is 24.6 Å².